The highest BCUT2D eigenvalue weighted by molar-refractivity contribution is 8.12. The number of nitrogens with one attached hydrogen (secondary N) is 2. The number of hydrogen-bond donors (Lipinski definition) is 2. The van der Waals surface area contributed by atoms with Crippen LogP contribution in [0.3, 0.4) is 0 Å². The molecule has 1 heterocycles. The van der Waals surface area contributed by atoms with E-state index in [0.717, 1.165) is 21.6 Å². The van der Waals surface area contributed by atoms with Gasteiger partial charge in [-0.05, 0) is 40.3 Å². The maximum Gasteiger partial charge on any atom is 0.279 e. The lowest BCUT2D eigenvalue weighted by Gasteiger charge is -2.11. The average molecular weight is 397 g/mol. The third-order valence-electron chi connectivity index (χ3n) is 4.00. The highest BCUT2D eigenvalue weighted by Crippen LogP contribution is 2.27. The van der Waals surface area contributed by atoms with Crippen LogP contribution in [-0.2, 0) is 12.3 Å². The van der Waals surface area contributed by atoms with Crippen LogP contribution in [-0.4, -0.2) is 18.2 Å². The summed E-state index contributed by atoms with van der Waals surface area (Å²) in [5.74, 6) is 0.422. The molecule has 3 rings (SSSR count). The molecular formula is C21H20N2O2S2. The summed E-state index contributed by atoms with van der Waals surface area (Å²) in [6.45, 7) is 0.550. The highest BCUT2D eigenvalue weighted by Gasteiger charge is 2.13. The van der Waals surface area contributed by atoms with Gasteiger partial charge in [-0.25, -0.2) is 0 Å². The fourth-order valence-electron chi connectivity index (χ4n) is 2.64. The molecule has 3 aromatic rings. The van der Waals surface area contributed by atoms with E-state index in [9.17, 15) is 9.59 Å². The maximum absolute atomic E-state index is 12.2. The number of thioether (sulfide) groups is 1. The van der Waals surface area contributed by atoms with Crippen LogP contribution in [0.2, 0.25) is 0 Å². The Kier molecular flexibility index (Phi) is 6.68. The van der Waals surface area contributed by atoms with Gasteiger partial charge in [-0.3, -0.25) is 9.59 Å². The molecule has 2 N–H and O–H groups in total. The molecule has 4 nitrogen and oxygen atoms in total. The Morgan fingerprint density at radius 1 is 1.04 bits per heavy atom. The van der Waals surface area contributed by atoms with Gasteiger partial charge in [-0.1, -0.05) is 54.2 Å². The summed E-state index contributed by atoms with van der Waals surface area (Å²) in [7, 11) is 1.62. The third-order valence-corrected chi connectivity index (χ3v) is 5.76. The third kappa shape index (κ3) is 5.21. The summed E-state index contributed by atoms with van der Waals surface area (Å²) in [4.78, 5) is 25.4. The van der Waals surface area contributed by atoms with Gasteiger partial charge in [0.05, 0.1) is 6.54 Å². The van der Waals surface area contributed by atoms with E-state index >= 15 is 0 Å². The molecule has 0 unspecified atom stereocenters. The minimum absolute atomic E-state index is 0.0555. The number of carbonyl (C=O) groups excluding carboxylic acids is 2. The fraction of sp³-hybridized carbons (Fsp3) is 0.143. The Labute approximate surface area is 167 Å². The molecular weight excluding hydrogens is 376 g/mol. The van der Waals surface area contributed by atoms with E-state index in [2.05, 4.69) is 10.6 Å². The monoisotopic (exact) mass is 396 g/mol. The van der Waals surface area contributed by atoms with E-state index in [1.165, 1.54) is 11.8 Å². The minimum atomic E-state index is -0.123. The Balaban J connectivity index is 1.70. The first-order valence-corrected chi connectivity index (χ1v) is 10.4. The zero-order chi connectivity index (χ0) is 19.1. The first kappa shape index (κ1) is 19.2. The van der Waals surface area contributed by atoms with Gasteiger partial charge in [0, 0.05) is 23.2 Å². The minimum Gasteiger partial charge on any atom is -0.355 e. The number of hydrogen-bond acceptors (Lipinski definition) is 4. The Morgan fingerprint density at radius 2 is 1.85 bits per heavy atom. The van der Waals surface area contributed by atoms with Crippen LogP contribution in [0.1, 0.15) is 20.8 Å². The molecule has 0 spiro atoms. The molecule has 0 aliphatic rings. The normalized spacial score (nSPS) is 10.4. The summed E-state index contributed by atoms with van der Waals surface area (Å²) in [5.41, 5.74) is 3.47. The quantitative estimate of drug-likeness (QED) is 0.622. The summed E-state index contributed by atoms with van der Waals surface area (Å²) in [6.07, 6.45) is 0. The molecule has 27 heavy (non-hydrogen) atoms. The van der Waals surface area contributed by atoms with Crippen LogP contribution < -0.4 is 10.6 Å². The predicted octanol–water partition coefficient (Wildman–Crippen LogP) is 4.92. The molecule has 138 valence electrons. The molecule has 0 aliphatic carbocycles. The van der Waals surface area contributed by atoms with Crippen molar-refractivity contribution >= 4 is 34.2 Å². The zero-order valence-electron chi connectivity index (χ0n) is 14.9. The lowest BCUT2D eigenvalue weighted by molar-refractivity contribution is 0.0963. The number of thiophene rings is 1. The van der Waals surface area contributed by atoms with Crippen LogP contribution in [0.25, 0.3) is 11.1 Å². The van der Waals surface area contributed by atoms with Crippen molar-refractivity contribution in [2.45, 2.75) is 12.3 Å². The van der Waals surface area contributed by atoms with Gasteiger partial charge >= 0.3 is 0 Å². The SMILES string of the molecule is CNC(=O)c1ccc(CSC(=O)NCc2cccs2)cc1-c1ccccc1. The summed E-state index contributed by atoms with van der Waals surface area (Å²) in [5, 5.41) is 7.53. The standard InChI is InChI=1S/C21H20N2O2S2/c1-22-20(24)18-10-9-15(12-19(18)16-6-3-2-4-7-16)14-27-21(25)23-13-17-8-5-11-26-17/h2-12H,13-14H2,1H3,(H,22,24)(H,23,25). The molecule has 0 saturated heterocycles. The largest absolute Gasteiger partial charge is 0.355 e. The van der Waals surface area contributed by atoms with E-state index in [1.807, 2.05) is 66.0 Å². The van der Waals surface area contributed by atoms with Crippen molar-refractivity contribution in [2.75, 3.05) is 7.05 Å². The molecule has 0 aliphatic heterocycles. The second kappa shape index (κ2) is 9.39. The van der Waals surface area contributed by atoms with E-state index in [1.54, 1.807) is 18.4 Å². The van der Waals surface area contributed by atoms with Gasteiger partial charge in [0.2, 0.25) is 0 Å². The van der Waals surface area contributed by atoms with Gasteiger partial charge in [-0.2, -0.15) is 0 Å². The van der Waals surface area contributed by atoms with Gasteiger partial charge < -0.3 is 10.6 Å². The molecule has 0 radical (unpaired) electrons. The Hall–Kier alpha value is -2.57. The second-order valence-electron chi connectivity index (χ2n) is 5.83. The van der Waals surface area contributed by atoms with Crippen molar-refractivity contribution in [3.05, 3.63) is 82.0 Å². The highest BCUT2D eigenvalue weighted by atomic mass is 32.2. The van der Waals surface area contributed by atoms with E-state index in [0.29, 0.717) is 17.9 Å². The van der Waals surface area contributed by atoms with Crippen molar-refractivity contribution in [3.63, 3.8) is 0 Å². The van der Waals surface area contributed by atoms with Crippen molar-refractivity contribution < 1.29 is 9.59 Å². The fourth-order valence-corrected chi connectivity index (χ4v) is 3.94. The molecule has 2 amide bonds. The van der Waals surface area contributed by atoms with Gasteiger partial charge in [0.1, 0.15) is 0 Å². The molecule has 6 heteroatoms. The molecule has 0 saturated carbocycles. The van der Waals surface area contributed by atoms with Crippen molar-refractivity contribution in [1.29, 1.82) is 0 Å². The average Bonchev–Trinajstić information content (AvgIpc) is 3.24. The van der Waals surface area contributed by atoms with Crippen molar-refractivity contribution in [2.24, 2.45) is 0 Å². The lowest BCUT2D eigenvalue weighted by Crippen LogP contribution is -2.19. The molecule has 1 aromatic heterocycles. The number of benzene rings is 2. The van der Waals surface area contributed by atoms with Crippen LogP contribution in [0.4, 0.5) is 4.79 Å². The molecule has 0 bridgehead atoms. The number of amides is 2. The van der Waals surface area contributed by atoms with Crippen LogP contribution in [0.5, 0.6) is 0 Å². The second-order valence-corrected chi connectivity index (χ2v) is 7.81. The molecule has 2 aromatic carbocycles. The topological polar surface area (TPSA) is 58.2 Å². The predicted molar refractivity (Wildman–Crippen MR) is 113 cm³/mol. The smallest absolute Gasteiger partial charge is 0.279 e. The van der Waals surface area contributed by atoms with Gasteiger partial charge in [0.25, 0.3) is 11.1 Å². The zero-order valence-corrected chi connectivity index (χ0v) is 16.5. The number of carbonyl (C=O) groups is 2. The lowest BCUT2D eigenvalue weighted by atomic mass is 9.97. The number of rotatable bonds is 6. The summed E-state index contributed by atoms with van der Waals surface area (Å²) < 4.78 is 0. The van der Waals surface area contributed by atoms with Gasteiger partial charge in [0.15, 0.2) is 0 Å². The van der Waals surface area contributed by atoms with E-state index in [-0.39, 0.29) is 11.1 Å². The summed E-state index contributed by atoms with van der Waals surface area (Å²) in [6, 6.07) is 19.5. The summed E-state index contributed by atoms with van der Waals surface area (Å²) >= 11 is 2.85. The van der Waals surface area contributed by atoms with Crippen molar-refractivity contribution in [3.8, 4) is 11.1 Å². The van der Waals surface area contributed by atoms with E-state index < -0.39 is 0 Å². The van der Waals surface area contributed by atoms with Gasteiger partial charge in [-0.15, -0.1) is 11.3 Å². The maximum atomic E-state index is 12.2. The first-order valence-electron chi connectivity index (χ1n) is 8.51. The van der Waals surface area contributed by atoms with Crippen LogP contribution >= 0.6 is 23.1 Å². The Morgan fingerprint density at radius 3 is 2.56 bits per heavy atom. The Bertz CT molecular complexity index is 909. The molecule has 0 atom stereocenters. The van der Waals surface area contributed by atoms with Crippen molar-refractivity contribution in [1.82, 2.24) is 10.6 Å². The first-order chi connectivity index (χ1) is 13.2. The molecule has 0 fully saturated rings. The van der Waals surface area contributed by atoms with Crippen LogP contribution in [0, 0.1) is 0 Å². The van der Waals surface area contributed by atoms with Crippen LogP contribution in [0.15, 0.2) is 66.0 Å². The van der Waals surface area contributed by atoms with E-state index in [4.69, 9.17) is 0 Å².